The van der Waals surface area contributed by atoms with E-state index in [0.29, 0.717) is 18.1 Å². The summed E-state index contributed by atoms with van der Waals surface area (Å²) in [5.41, 5.74) is 0. The largest absolute Gasteiger partial charge is 0.323 e. The zero-order valence-corrected chi connectivity index (χ0v) is 12.4. The van der Waals surface area contributed by atoms with Gasteiger partial charge in [0.2, 0.25) is 5.91 Å². The molecule has 0 radical (unpaired) electrons. The molecule has 3 fully saturated rings. The SMILES string of the molecule is CCCCC1NC(CC)N(C2CC3CCC2C3)C1=O. The molecule has 1 N–H and O–H groups in total. The van der Waals surface area contributed by atoms with Crippen LogP contribution in [0.2, 0.25) is 0 Å². The highest BCUT2D eigenvalue weighted by Crippen LogP contribution is 2.47. The minimum absolute atomic E-state index is 0.101. The van der Waals surface area contributed by atoms with Crippen LogP contribution in [0, 0.1) is 11.8 Å². The molecule has 108 valence electrons. The Kier molecular flexibility index (Phi) is 3.84. The summed E-state index contributed by atoms with van der Waals surface area (Å²) in [6, 6.07) is 0.652. The first-order valence-electron chi connectivity index (χ1n) is 8.32. The lowest BCUT2D eigenvalue weighted by Crippen LogP contribution is -2.46. The summed E-state index contributed by atoms with van der Waals surface area (Å²) < 4.78 is 0. The van der Waals surface area contributed by atoms with Crippen molar-refractivity contribution in [2.75, 3.05) is 0 Å². The summed E-state index contributed by atoms with van der Waals surface area (Å²) in [6.07, 6.45) is 10.1. The summed E-state index contributed by atoms with van der Waals surface area (Å²) in [6.45, 7) is 4.40. The van der Waals surface area contributed by atoms with E-state index in [1.165, 1.54) is 32.1 Å². The second-order valence-corrected chi connectivity index (χ2v) is 6.77. The fraction of sp³-hybridized carbons (Fsp3) is 0.938. The van der Waals surface area contributed by atoms with Crippen molar-refractivity contribution in [1.82, 2.24) is 10.2 Å². The van der Waals surface area contributed by atoms with Gasteiger partial charge >= 0.3 is 0 Å². The van der Waals surface area contributed by atoms with Crippen molar-refractivity contribution in [3.63, 3.8) is 0 Å². The van der Waals surface area contributed by atoms with E-state index >= 15 is 0 Å². The van der Waals surface area contributed by atoms with Crippen LogP contribution in [0.25, 0.3) is 0 Å². The maximum atomic E-state index is 12.7. The molecule has 3 heteroatoms. The molecule has 1 heterocycles. The van der Waals surface area contributed by atoms with E-state index in [2.05, 4.69) is 24.1 Å². The summed E-state index contributed by atoms with van der Waals surface area (Å²) in [5.74, 6) is 2.11. The van der Waals surface area contributed by atoms with E-state index in [1.54, 1.807) is 0 Å². The standard InChI is InChI=1S/C16H28N2O/c1-3-5-6-13-16(19)18(15(4-2)17-13)14-10-11-7-8-12(14)9-11/h11-15,17H,3-10H2,1-2H3. The second-order valence-electron chi connectivity index (χ2n) is 6.77. The van der Waals surface area contributed by atoms with Crippen LogP contribution in [0.15, 0.2) is 0 Å². The number of nitrogens with one attached hydrogen (secondary N) is 1. The lowest BCUT2D eigenvalue weighted by atomic mass is 9.93. The minimum Gasteiger partial charge on any atom is -0.323 e. The monoisotopic (exact) mass is 264 g/mol. The van der Waals surface area contributed by atoms with Crippen LogP contribution in [0.1, 0.15) is 65.2 Å². The van der Waals surface area contributed by atoms with Crippen molar-refractivity contribution in [2.24, 2.45) is 11.8 Å². The first-order chi connectivity index (χ1) is 9.24. The van der Waals surface area contributed by atoms with Gasteiger partial charge in [0, 0.05) is 6.04 Å². The number of carbonyl (C=O) groups is 1. The van der Waals surface area contributed by atoms with E-state index in [9.17, 15) is 4.79 Å². The Labute approximate surface area is 117 Å². The summed E-state index contributed by atoms with van der Waals surface area (Å²) in [5, 5.41) is 3.59. The average molecular weight is 264 g/mol. The van der Waals surface area contributed by atoms with Gasteiger partial charge < -0.3 is 4.90 Å². The van der Waals surface area contributed by atoms with Crippen molar-refractivity contribution in [3.05, 3.63) is 0 Å². The van der Waals surface area contributed by atoms with Crippen molar-refractivity contribution in [3.8, 4) is 0 Å². The quantitative estimate of drug-likeness (QED) is 0.828. The fourth-order valence-corrected chi connectivity index (χ4v) is 4.59. The molecule has 2 saturated carbocycles. The number of rotatable bonds is 5. The van der Waals surface area contributed by atoms with E-state index in [-0.39, 0.29) is 6.04 Å². The van der Waals surface area contributed by atoms with E-state index in [4.69, 9.17) is 0 Å². The third-order valence-electron chi connectivity index (χ3n) is 5.57. The first kappa shape index (κ1) is 13.4. The highest BCUT2D eigenvalue weighted by atomic mass is 16.2. The van der Waals surface area contributed by atoms with Crippen molar-refractivity contribution < 1.29 is 4.79 Å². The molecule has 5 unspecified atom stereocenters. The summed E-state index contributed by atoms with van der Waals surface area (Å²) >= 11 is 0. The molecule has 1 amide bonds. The van der Waals surface area contributed by atoms with Gasteiger partial charge in [-0.05, 0) is 43.9 Å². The number of fused-ring (bicyclic) bond motifs is 2. The zero-order valence-electron chi connectivity index (χ0n) is 12.4. The van der Waals surface area contributed by atoms with E-state index in [1.807, 2.05) is 0 Å². The van der Waals surface area contributed by atoms with Gasteiger partial charge in [0.25, 0.3) is 0 Å². The number of amides is 1. The number of nitrogens with zero attached hydrogens (tertiary/aromatic N) is 1. The van der Waals surface area contributed by atoms with Gasteiger partial charge in [-0.15, -0.1) is 0 Å². The van der Waals surface area contributed by atoms with Crippen molar-refractivity contribution >= 4 is 5.91 Å². The van der Waals surface area contributed by atoms with Crippen molar-refractivity contribution in [2.45, 2.75) is 83.5 Å². The summed E-state index contributed by atoms with van der Waals surface area (Å²) in [4.78, 5) is 15.0. The smallest absolute Gasteiger partial charge is 0.241 e. The second kappa shape index (κ2) is 5.43. The van der Waals surface area contributed by atoms with Gasteiger partial charge in [0.05, 0.1) is 12.2 Å². The Morgan fingerprint density at radius 1 is 1.26 bits per heavy atom. The molecule has 2 aliphatic carbocycles. The van der Waals surface area contributed by atoms with Gasteiger partial charge in [-0.1, -0.05) is 33.1 Å². The Balaban J connectivity index is 1.70. The number of unbranched alkanes of at least 4 members (excludes halogenated alkanes) is 1. The molecular formula is C16H28N2O. The molecule has 0 aromatic heterocycles. The lowest BCUT2D eigenvalue weighted by Gasteiger charge is -2.35. The number of hydrogen-bond donors (Lipinski definition) is 1. The number of carbonyl (C=O) groups excluding carboxylic acids is 1. The normalized spacial score (nSPS) is 41.5. The molecule has 1 saturated heterocycles. The summed E-state index contributed by atoms with van der Waals surface area (Å²) in [7, 11) is 0. The Morgan fingerprint density at radius 3 is 2.68 bits per heavy atom. The van der Waals surface area contributed by atoms with Gasteiger partial charge in [-0.25, -0.2) is 0 Å². The van der Waals surface area contributed by atoms with Crippen molar-refractivity contribution in [1.29, 1.82) is 0 Å². The minimum atomic E-state index is 0.101. The molecule has 0 aromatic rings. The van der Waals surface area contributed by atoms with Gasteiger partial charge in [-0.3, -0.25) is 10.1 Å². The van der Waals surface area contributed by atoms with Crippen LogP contribution >= 0.6 is 0 Å². The fourth-order valence-electron chi connectivity index (χ4n) is 4.59. The predicted molar refractivity (Wildman–Crippen MR) is 76.6 cm³/mol. The molecule has 0 aromatic carbocycles. The molecule has 2 bridgehead atoms. The molecule has 0 spiro atoms. The van der Waals surface area contributed by atoms with Gasteiger partial charge in [-0.2, -0.15) is 0 Å². The molecular weight excluding hydrogens is 236 g/mol. The lowest BCUT2D eigenvalue weighted by molar-refractivity contribution is -0.133. The molecule has 3 nitrogen and oxygen atoms in total. The van der Waals surface area contributed by atoms with Crippen LogP contribution in [0.5, 0.6) is 0 Å². The van der Waals surface area contributed by atoms with Gasteiger partial charge in [0.1, 0.15) is 0 Å². The molecule has 19 heavy (non-hydrogen) atoms. The molecule has 1 aliphatic heterocycles. The topological polar surface area (TPSA) is 32.3 Å². The Hall–Kier alpha value is -0.570. The van der Waals surface area contributed by atoms with E-state index in [0.717, 1.165) is 31.1 Å². The Bertz CT molecular complexity index is 344. The highest BCUT2D eigenvalue weighted by molar-refractivity contribution is 5.84. The number of hydrogen-bond acceptors (Lipinski definition) is 2. The van der Waals surface area contributed by atoms with Crippen LogP contribution in [-0.4, -0.2) is 29.1 Å². The third kappa shape index (κ3) is 2.31. The molecule has 5 atom stereocenters. The highest BCUT2D eigenvalue weighted by Gasteiger charge is 2.49. The zero-order chi connectivity index (χ0) is 13.4. The predicted octanol–water partition coefficient (Wildman–Crippen LogP) is 2.90. The molecule has 3 aliphatic rings. The van der Waals surface area contributed by atoms with E-state index < -0.39 is 0 Å². The van der Waals surface area contributed by atoms with Crippen LogP contribution in [0.4, 0.5) is 0 Å². The van der Waals surface area contributed by atoms with Crippen LogP contribution < -0.4 is 5.32 Å². The van der Waals surface area contributed by atoms with Crippen LogP contribution in [0.3, 0.4) is 0 Å². The van der Waals surface area contributed by atoms with Crippen LogP contribution in [-0.2, 0) is 4.79 Å². The molecule has 3 rings (SSSR count). The maximum absolute atomic E-state index is 12.7. The maximum Gasteiger partial charge on any atom is 0.241 e. The van der Waals surface area contributed by atoms with Gasteiger partial charge in [0.15, 0.2) is 0 Å². The first-order valence-corrected chi connectivity index (χ1v) is 8.32. The average Bonchev–Trinajstić information content (AvgIpc) is 3.10. The third-order valence-corrected chi connectivity index (χ3v) is 5.57. The Morgan fingerprint density at radius 2 is 2.11 bits per heavy atom.